The van der Waals surface area contributed by atoms with Gasteiger partial charge in [-0.25, -0.2) is 12.7 Å². The van der Waals surface area contributed by atoms with Gasteiger partial charge in [0, 0.05) is 19.5 Å². The van der Waals surface area contributed by atoms with Gasteiger partial charge in [-0.15, -0.1) is 11.6 Å². The van der Waals surface area contributed by atoms with E-state index in [1.54, 1.807) is 19.2 Å². The lowest BCUT2D eigenvalue weighted by Crippen LogP contribution is -2.29. The predicted molar refractivity (Wildman–Crippen MR) is 77.9 cm³/mol. The second-order valence-electron chi connectivity index (χ2n) is 5.15. The van der Waals surface area contributed by atoms with E-state index in [0.717, 1.165) is 30.4 Å². The zero-order valence-electron chi connectivity index (χ0n) is 11.4. The topological polar surface area (TPSA) is 37.4 Å². The maximum Gasteiger partial charge on any atom is 0.242 e. The Morgan fingerprint density at radius 3 is 2.53 bits per heavy atom. The molecule has 106 valence electrons. The van der Waals surface area contributed by atoms with Gasteiger partial charge in [-0.05, 0) is 48.4 Å². The number of aryl methyl sites for hydroxylation is 1. The zero-order chi connectivity index (χ0) is 14.0. The van der Waals surface area contributed by atoms with Crippen LogP contribution < -0.4 is 0 Å². The molecule has 0 unspecified atom stereocenters. The molecule has 0 saturated heterocycles. The number of alkyl halides is 1. The Balaban J connectivity index is 2.28. The molecule has 0 atom stereocenters. The monoisotopic (exact) mass is 301 g/mol. The molecule has 5 heteroatoms. The Kier molecular flexibility index (Phi) is 4.54. The third kappa shape index (κ3) is 3.30. The molecule has 1 fully saturated rings. The maximum absolute atomic E-state index is 12.4. The van der Waals surface area contributed by atoms with E-state index in [4.69, 9.17) is 11.6 Å². The molecule has 0 aliphatic heterocycles. The van der Waals surface area contributed by atoms with E-state index >= 15 is 0 Å². The molecule has 1 aliphatic rings. The quantitative estimate of drug-likeness (QED) is 0.757. The number of rotatable bonds is 6. The van der Waals surface area contributed by atoms with Crippen molar-refractivity contribution in [3.05, 3.63) is 29.3 Å². The number of hydrogen-bond donors (Lipinski definition) is 0. The van der Waals surface area contributed by atoms with Gasteiger partial charge in [-0.2, -0.15) is 0 Å². The van der Waals surface area contributed by atoms with E-state index in [2.05, 4.69) is 0 Å². The molecular formula is C14H20ClNO2S. The molecule has 0 amide bonds. The van der Waals surface area contributed by atoms with Crippen LogP contribution >= 0.6 is 11.6 Å². The number of sulfonamides is 1. The largest absolute Gasteiger partial charge is 0.242 e. The van der Waals surface area contributed by atoms with E-state index < -0.39 is 10.0 Å². The van der Waals surface area contributed by atoms with Crippen LogP contribution in [0.25, 0.3) is 0 Å². The fourth-order valence-electron chi connectivity index (χ4n) is 2.17. The van der Waals surface area contributed by atoms with Crippen molar-refractivity contribution in [2.45, 2.75) is 37.0 Å². The minimum Gasteiger partial charge on any atom is -0.207 e. The van der Waals surface area contributed by atoms with Crippen LogP contribution in [0.15, 0.2) is 23.1 Å². The van der Waals surface area contributed by atoms with Gasteiger partial charge in [0.15, 0.2) is 0 Å². The SMILES string of the molecule is CCc1ccc(S(=O)(=O)N(C)CC2CC2)cc1CCl. The first-order valence-electron chi connectivity index (χ1n) is 6.63. The van der Waals surface area contributed by atoms with Crippen LogP contribution in [0.3, 0.4) is 0 Å². The molecule has 19 heavy (non-hydrogen) atoms. The van der Waals surface area contributed by atoms with E-state index in [1.807, 2.05) is 13.0 Å². The van der Waals surface area contributed by atoms with Gasteiger partial charge in [0.05, 0.1) is 4.90 Å². The van der Waals surface area contributed by atoms with E-state index in [0.29, 0.717) is 23.2 Å². The van der Waals surface area contributed by atoms with Crippen LogP contribution in [-0.2, 0) is 22.3 Å². The highest BCUT2D eigenvalue weighted by Gasteiger charge is 2.29. The first kappa shape index (κ1) is 14.8. The lowest BCUT2D eigenvalue weighted by Gasteiger charge is -2.18. The Bertz CT molecular complexity index is 553. The van der Waals surface area contributed by atoms with E-state index in [-0.39, 0.29) is 0 Å². The lowest BCUT2D eigenvalue weighted by molar-refractivity contribution is 0.453. The standard InChI is InChI=1S/C14H20ClNO2S/c1-3-12-6-7-14(8-13(12)9-15)19(17,18)16(2)10-11-4-5-11/h6-8,11H,3-5,9-10H2,1-2H3. The summed E-state index contributed by atoms with van der Waals surface area (Å²) in [6.45, 7) is 2.66. The third-order valence-corrected chi connectivity index (χ3v) is 5.73. The third-order valence-electron chi connectivity index (χ3n) is 3.62. The molecule has 1 aromatic rings. The summed E-state index contributed by atoms with van der Waals surface area (Å²) in [5, 5.41) is 0. The lowest BCUT2D eigenvalue weighted by atomic mass is 10.1. The van der Waals surface area contributed by atoms with Gasteiger partial charge in [0.2, 0.25) is 10.0 Å². The summed E-state index contributed by atoms with van der Waals surface area (Å²) in [4.78, 5) is 0.350. The summed E-state index contributed by atoms with van der Waals surface area (Å²) in [6.07, 6.45) is 3.14. The fraction of sp³-hybridized carbons (Fsp3) is 0.571. The van der Waals surface area contributed by atoms with E-state index in [9.17, 15) is 8.42 Å². The molecule has 1 aromatic carbocycles. The molecule has 0 radical (unpaired) electrons. The summed E-state index contributed by atoms with van der Waals surface area (Å²) in [5.41, 5.74) is 2.02. The summed E-state index contributed by atoms with van der Waals surface area (Å²) in [6, 6.07) is 5.27. The molecule has 0 bridgehead atoms. The van der Waals surface area contributed by atoms with Crippen molar-refractivity contribution in [2.24, 2.45) is 5.92 Å². The van der Waals surface area contributed by atoms with Crippen molar-refractivity contribution in [1.82, 2.24) is 4.31 Å². The Labute approximate surface area is 120 Å². The average molecular weight is 302 g/mol. The predicted octanol–water partition coefficient (Wildman–Crippen LogP) is 3.02. The van der Waals surface area contributed by atoms with Crippen LogP contribution in [0.1, 0.15) is 30.9 Å². The van der Waals surface area contributed by atoms with Gasteiger partial charge in [0.25, 0.3) is 0 Å². The van der Waals surface area contributed by atoms with Gasteiger partial charge in [-0.1, -0.05) is 13.0 Å². The molecule has 0 aromatic heterocycles. The molecule has 1 saturated carbocycles. The van der Waals surface area contributed by atoms with Crippen LogP contribution in [0, 0.1) is 5.92 Å². The second kappa shape index (κ2) is 5.81. The van der Waals surface area contributed by atoms with Crippen molar-refractivity contribution < 1.29 is 8.42 Å². The summed E-state index contributed by atoms with van der Waals surface area (Å²) in [5.74, 6) is 0.890. The average Bonchev–Trinajstić information content (AvgIpc) is 3.21. The first-order valence-corrected chi connectivity index (χ1v) is 8.60. The van der Waals surface area contributed by atoms with Crippen molar-refractivity contribution >= 4 is 21.6 Å². The van der Waals surface area contributed by atoms with Crippen molar-refractivity contribution in [3.63, 3.8) is 0 Å². The normalized spacial score (nSPS) is 16.0. The van der Waals surface area contributed by atoms with E-state index in [1.165, 1.54) is 4.31 Å². The minimum absolute atomic E-state index is 0.346. The highest BCUT2D eigenvalue weighted by atomic mass is 35.5. The Morgan fingerprint density at radius 1 is 1.32 bits per heavy atom. The molecule has 2 rings (SSSR count). The molecule has 0 spiro atoms. The maximum atomic E-state index is 12.4. The molecule has 3 nitrogen and oxygen atoms in total. The number of benzene rings is 1. The molecule has 0 N–H and O–H groups in total. The Morgan fingerprint density at radius 2 is 2.00 bits per heavy atom. The van der Waals surface area contributed by atoms with Crippen molar-refractivity contribution in [1.29, 1.82) is 0 Å². The van der Waals surface area contributed by atoms with Gasteiger partial charge in [0.1, 0.15) is 0 Å². The number of halogens is 1. The first-order chi connectivity index (χ1) is 8.98. The zero-order valence-corrected chi connectivity index (χ0v) is 13.0. The summed E-state index contributed by atoms with van der Waals surface area (Å²) in [7, 11) is -1.72. The summed E-state index contributed by atoms with van der Waals surface area (Å²) >= 11 is 5.90. The van der Waals surface area contributed by atoms with Gasteiger partial charge < -0.3 is 0 Å². The van der Waals surface area contributed by atoms with Gasteiger partial charge in [-0.3, -0.25) is 0 Å². The number of nitrogens with zero attached hydrogens (tertiary/aromatic N) is 1. The molecule has 1 aliphatic carbocycles. The molecule has 0 heterocycles. The van der Waals surface area contributed by atoms with Crippen molar-refractivity contribution in [2.75, 3.05) is 13.6 Å². The fourth-order valence-corrected chi connectivity index (χ4v) is 3.72. The second-order valence-corrected chi connectivity index (χ2v) is 7.46. The highest BCUT2D eigenvalue weighted by Crippen LogP contribution is 2.31. The van der Waals surface area contributed by atoms with Crippen LogP contribution in [0.4, 0.5) is 0 Å². The smallest absolute Gasteiger partial charge is 0.207 e. The molecular weight excluding hydrogens is 282 g/mol. The van der Waals surface area contributed by atoms with Crippen molar-refractivity contribution in [3.8, 4) is 0 Å². The van der Waals surface area contributed by atoms with Crippen LogP contribution in [-0.4, -0.2) is 26.3 Å². The number of hydrogen-bond acceptors (Lipinski definition) is 2. The minimum atomic E-state index is -3.38. The Hall–Kier alpha value is -0.580. The van der Waals surface area contributed by atoms with Crippen LogP contribution in [0.2, 0.25) is 0 Å². The highest BCUT2D eigenvalue weighted by molar-refractivity contribution is 7.89. The van der Waals surface area contributed by atoms with Crippen LogP contribution in [0.5, 0.6) is 0 Å². The van der Waals surface area contributed by atoms with Gasteiger partial charge >= 0.3 is 0 Å². The summed E-state index contributed by atoms with van der Waals surface area (Å²) < 4.78 is 26.4.